The van der Waals surface area contributed by atoms with Gasteiger partial charge in [-0.15, -0.1) is 0 Å². The molecule has 0 saturated carbocycles. The Labute approximate surface area is 264 Å². The first-order valence-electron chi connectivity index (χ1n) is 15.5. The van der Waals surface area contributed by atoms with Crippen LogP contribution in [0.4, 0.5) is 23.0 Å². The fourth-order valence-electron chi connectivity index (χ4n) is 5.94. The number of para-hydroxylation sites is 2. The van der Waals surface area contributed by atoms with Gasteiger partial charge in [0.15, 0.2) is 11.6 Å². The molecule has 3 N–H and O–H groups in total. The van der Waals surface area contributed by atoms with E-state index in [-0.39, 0.29) is 11.9 Å². The third-order valence-electron chi connectivity index (χ3n) is 8.09. The summed E-state index contributed by atoms with van der Waals surface area (Å²) in [6.07, 6.45) is 7.73. The van der Waals surface area contributed by atoms with E-state index in [4.69, 9.17) is 14.7 Å². The minimum absolute atomic E-state index is 0.00108. The van der Waals surface area contributed by atoms with Crippen molar-refractivity contribution in [2.45, 2.75) is 38.6 Å². The summed E-state index contributed by atoms with van der Waals surface area (Å²) in [5, 5.41) is 10.0. The molecule has 1 unspecified atom stereocenters. The lowest BCUT2D eigenvalue weighted by Crippen LogP contribution is -2.39. The fraction of sp³-hybridized carbons (Fsp3) is 0.278. The first-order valence-corrected chi connectivity index (χ1v) is 15.5. The molecular weight excluding hydrogens is 562 g/mol. The highest BCUT2D eigenvalue weighted by molar-refractivity contribution is 5.92. The third kappa shape index (κ3) is 7.74. The molecule has 3 heterocycles. The first-order chi connectivity index (χ1) is 22.0. The highest BCUT2D eigenvalue weighted by Gasteiger charge is 2.25. The summed E-state index contributed by atoms with van der Waals surface area (Å²) in [6, 6.07) is 26.2. The van der Waals surface area contributed by atoms with Crippen LogP contribution in [0.3, 0.4) is 0 Å². The van der Waals surface area contributed by atoms with Crippen molar-refractivity contribution in [1.29, 1.82) is 0 Å². The number of nitrogens with zero attached hydrogens (tertiary/aromatic N) is 4. The number of methoxy groups -OCH3 is 1. The van der Waals surface area contributed by atoms with Gasteiger partial charge >= 0.3 is 0 Å². The first kappa shape index (κ1) is 30.0. The number of hydrogen-bond donors (Lipinski definition) is 3. The maximum absolute atomic E-state index is 13.1. The number of piperidine rings is 1. The van der Waals surface area contributed by atoms with Crippen LogP contribution < -0.4 is 20.7 Å². The molecule has 6 rings (SSSR count). The van der Waals surface area contributed by atoms with E-state index in [1.165, 1.54) is 12.0 Å². The van der Waals surface area contributed by atoms with Gasteiger partial charge in [-0.2, -0.15) is 0 Å². The number of anilines is 4. The zero-order valence-electron chi connectivity index (χ0n) is 25.8. The Bertz CT molecular complexity index is 1760. The number of ether oxygens (including phenoxy) is 1. The summed E-state index contributed by atoms with van der Waals surface area (Å²) in [5.74, 6) is 2.09. The average Bonchev–Trinajstić information content (AvgIpc) is 3.05. The van der Waals surface area contributed by atoms with Crippen molar-refractivity contribution in [2.24, 2.45) is 0 Å². The van der Waals surface area contributed by atoms with Crippen molar-refractivity contribution >= 4 is 40.0 Å². The molecule has 0 spiro atoms. The molecule has 5 aromatic rings. The molecule has 1 amide bonds. The topological polar surface area (TPSA) is 104 Å². The standard InChI is InChI=1S/C36H39N7O2/c1-25-20-29(23-30(21-25)45-2)40-36-35(41-31-10-3-4-11-32(31)42-36)38-18-13-26-8-7-9-28(22-26)39-34(44)24-43-19-6-5-12-33(43)27-14-16-37-17-15-27/h3-4,7-11,14-17,20-23,33H,5-6,12-13,18-19,24H2,1-2H3,(H,38,41)(H,39,44)(H,40,42). The minimum Gasteiger partial charge on any atom is -0.497 e. The van der Waals surface area contributed by atoms with Crippen molar-refractivity contribution in [1.82, 2.24) is 19.9 Å². The SMILES string of the molecule is COc1cc(C)cc(Nc2nc3ccccc3nc2NCCc2cccc(NC(=O)CN3CCCCC3c3ccncc3)c2)c1. The number of hydrogen-bond acceptors (Lipinski definition) is 8. The van der Waals surface area contributed by atoms with Gasteiger partial charge in [-0.1, -0.05) is 30.7 Å². The predicted molar refractivity (Wildman–Crippen MR) is 180 cm³/mol. The Morgan fingerprint density at radius 3 is 2.51 bits per heavy atom. The highest BCUT2D eigenvalue weighted by atomic mass is 16.5. The summed E-state index contributed by atoms with van der Waals surface area (Å²) >= 11 is 0. The Hall–Kier alpha value is -5.02. The van der Waals surface area contributed by atoms with E-state index in [2.05, 4.69) is 44.0 Å². The van der Waals surface area contributed by atoms with Crippen LogP contribution in [0.15, 0.2) is 91.3 Å². The summed E-state index contributed by atoms with van der Waals surface area (Å²) < 4.78 is 5.46. The molecule has 9 heteroatoms. The largest absolute Gasteiger partial charge is 0.497 e. The third-order valence-corrected chi connectivity index (χ3v) is 8.09. The number of nitrogens with one attached hydrogen (secondary N) is 3. The number of carbonyl (C=O) groups is 1. The molecule has 1 fully saturated rings. The zero-order chi connectivity index (χ0) is 31.0. The number of benzene rings is 3. The fourth-order valence-corrected chi connectivity index (χ4v) is 5.94. The smallest absolute Gasteiger partial charge is 0.238 e. The van der Waals surface area contributed by atoms with Gasteiger partial charge in [0.1, 0.15) is 5.75 Å². The van der Waals surface area contributed by atoms with Gasteiger partial charge < -0.3 is 20.7 Å². The Kier molecular flexibility index (Phi) is 9.46. The molecule has 0 radical (unpaired) electrons. The van der Waals surface area contributed by atoms with Gasteiger partial charge in [-0.3, -0.25) is 14.7 Å². The molecule has 45 heavy (non-hydrogen) atoms. The lowest BCUT2D eigenvalue weighted by molar-refractivity contribution is -0.118. The van der Waals surface area contributed by atoms with Crippen LogP contribution in [0.5, 0.6) is 5.75 Å². The van der Waals surface area contributed by atoms with Gasteiger partial charge in [-0.25, -0.2) is 9.97 Å². The van der Waals surface area contributed by atoms with E-state index in [1.54, 1.807) is 7.11 Å². The molecule has 1 atom stereocenters. The number of amides is 1. The molecule has 0 bridgehead atoms. The van der Waals surface area contributed by atoms with E-state index in [9.17, 15) is 4.79 Å². The van der Waals surface area contributed by atoms with Crippen LogP contribution in [-0.2, 0) is 11.2 Å². The molecule has 0 aliphatic carbocycles. The molecule has 1 saturated heterocycles. The predicted octanol–water partition coefficient (Wildman–Crippen LogP) is 6.91. The van der Waals surface area contributed by atoms with Crippen LogP contribution in [0.2, 0.25) is 0 Å². The van der Waals surface area contributed by atoms with Gasteiger partial charge in [0.25, 0.3) is 0 Å². The van der Waals surface area contributed by atoms with E-state index < -0.39 is 0 Å². The van der Waals surface area contributed by atoms with Crippen LogP contribution in [0.25, 0.3) is 11.0 Å². The number of likely N-dealkylation sites (tertiary alicyclic amines) is 1. The normalized spacial score (nSPS) is 15.0. The second kappa shape index (κ2) is 14.2. The maximum Gasteiger partial charge on any atom is 0.238 e. The molecule has 230 valence electrons. The quantitative estimate of drug-likeness (QED) is 0.150. The van der Waals surface area contributed by atoms with E-state index in [0.29, 0.717) is 24.7 Å². The molecule has 9 nitrogen and oxygen atoms in total. The van der Waals surface area contributed by atoms with Crippen molar-refractivity contribution in [3.8, 4) is 5.75 Å². The molecule has 1 aliphatic heterocycles. The van der Waals surface area contributed by atoms with Crippen molar-refractivity contribution in [2.75, 3.05) is 42.7 Å². The van der Waals surface area contributed by atoms with Gasteiger partial charge in [-0.05, 0) is 98.0 Å². The Morgan fingerprint density at radius 2 is 1.71 bits per heavy atom. The van der Waals surface area contributed by atoms with Crippen molar-refractivity contribution in [3.63, 3.8) is 0 Å². The molecule has 2 aromatic heterocycles. The molecular formula is C36H39N7O2. The van der Waals surface area contributed by atoms with Crippen LogP contribution in [0, 0.1) is 6.92 Å². The molecule has 3 aromatic carbocycles. The number of fused-ring (bicyclic) bond motifs is 1. The number of rotatable bonds is 11. The van der Waals surface area contributed by atoms with Crippen molar-refractivity contribution < 1.29 is 9.53 Å². The Morgan fingerprint density at radius 1 is 0.911 bits per heavy atom. The van der Waals surface area contributed by atoms with E-state index in [1.807, 2.05) is 80.0 Å². The number of pyridine rings is 1. The average molecular weight is 602 g/mol. The number of aromatic nitrogens is 3. The van der Waals surface area contributed by atoms with E-state index >= 15 is 0 Å². The highest BCUT2D eigenvalue weighted by Crippen LogP contribution is 2.31. The lowest BCUT2D eigenvalue weighted by atomic mass is 9.96. The van der Waals surface area contributed by atoms with Crippen LogP contribution in [-0.4, -0.2) is 52.5 Å². The van der Waals surface area contributed by atoms with Crippen molar-refractivity contribution in [3.05, 3.63) is 108 Å². The summed E-state index contributed by atoms with van der Waals surface area (Å²) in [6.45, 7) is 3.94. The monoisotopic (exact) mass is 601 g/mol. The number of carbonyl (C=O) groups excluding carboxylic acids is 1. The van der Waals surface area contributed by atoms with Crippen LogP contribution >= 0.6 is 0 Å². The zero-order valence-corrected chi connectivity index (χ0v) is 25.8. The van der Waals surface area contributed by atoms with Gasteiger partial charge in [0.05, 0.1) is 24.7 Å². The van der Waals surface area contributed by atoms with Gasteiger partial charge in [0, 0.05) is 42.4 Å². The molecule has 1 aliphatic rings. The van der Waals surface area contributed by atoms with E-state index in [0.717, 1.165) is 65.1 Å². The second-order valence-corrected chi connectivity index (χ2v) is 11.5. The summed E-state index contributed by atoms with van der Waals surface area (Å²) in [7, 11) is 1.66. The van der Waals surface area contributed by atoms with Gasteiger partial charge in [0.2, 0.25) is 5.91 Å². The number of aryl methyl sites for hydroxylation is 1. The lowest BCUT2D eigenvalue weighted by Gasteiger charge is -2.35. The maximum atomic E-state index is 13.1. The van der Waals surface area contributed by atoms with Crippen LogP contribution in [0.1, 0.15) is 42.0 Å². The Balaban J connectivity index is 1.10. The summed E-state index contributed by atoms with van der Waals surface area (Å²) in [5.41, 5.74) is 6.72. The summed E-state index contributed by atoms with van der Waals surface area (Å²) in [4.78, 5) is 29.3. The minimum atomic E-state index is 0.00108. The second-order valence-electron chi connectivity index (χ2n) is 11.5.